The van der Waals surface area contributed by atoms with Crippen LogP contribution in [0.2, 0.25) is 5.02 Å². The second-order valence-corrected chi connectivity index (χ2v) is 3.76. The van der Waals surface area contributed by atoms with E-state index in [1.807, 2.05) is 0 Å². The van der Waals surface area contributed by atoms with Gasteiger partial charge in [-0.05, 0) is 18.2 Å². The van der Waals surface area contributed by atoms with Crippen LogP contribution < -0.4 is 0 Å². The fourth-order valence-corrected chi connectivity index (χ4v) is 1.55. The fourth-order valence-electron chi connectivity index (χ4n) is 1.38. The van der Waals surface area contributed by atoms with E-state index in [2.05, 4.69) is 14.8 Å². The van der Waals surface area contributed by atoms with Crippen LogP contribution in [-0.2, 0) is 4.74 Å². The lowest BCUT2D eigenvalue weighted by Crippen LogP contribution is -2.06. The zero-order valence-electron chi connectivity index (χ0n) is 9.33. The minimum absolute atomic E-state index is 0.0886. The molecule has 0 aliphatic rings. The maximum absolute atomic E-state index is 11.2. The number of esters is 1. The Balaban J connectivity index is 2.48. The van der Waals surface area contributed by atoms with Crippen molar-refractivity contribution in [2.45, 2.75) is 0 Å². The molecule has 0 aliphatic heterocycles. The summed E-state index contributed by atoms with van der Waals surface area (Å²) in [4.78, 5) is 25.9. The molecule has 0 bridgehead atoms. The van der Waals surface area contributed by atoms with E-state index in [1.54, 1.807) is 18.2 Å². The summed E-state index contributed by atoms with van der Waals surface area (Å²) in [6.07, 6.45) is 1.98. The lowest BCUT2D eigenvalue weighted by molar-refractivity contribution is 0.0587. The molecule has 2 aromatic rings. The van der Waals surface area contributed by atoms with Crippen LogP contribution in [0.1, 0.15) is 21.0 Å². The number of halogens is 1. The van der Waals surface area contributed by atoms with Crippen LogP contribution in [0.3, 0.4) is 0 Å². The fraction of sp³-hybridized carbons (Fsp3) is 0.0909. The molecule has 7 heteroatoms. The van der Waals surface area contributed by atoms with Crippen molar-refractivity contribution >= 4 is 23.9 Å². The number of hydrogen-bond acceptors (Lipinski definition) is 5. The number of ether oxygens (including phenoxy) is 1. The van der Waals surface area contributed by atoms with Crippen molar-refractivity contribution in [1.82, 2.24) is 14.8 Å². The van der Waals surface area contributed by atoms with Gasteiger partial charge in [-0.25, -0.2) is 14.5 Å². The Morgan fingerprint density at radius 3 is 2.94 bits per heavy atom. The van der Waals surface area contributed by atoms with Gasteiger partial charge >= 0.3 is 5.97 Å². The maximum atomic E-state index is 11.2. The Bertz CT molecular complexity index is 609. The van der Waals surface area contributed by atoms with Crippen molar-refractivity contribution in [3.05, 3.63) is 40.9 Å². The summed E-state index contributed by atoms with van der Waals surface area (Å²) in [5.41, 5.74) is 0.834. The lowest BCUT2D eigenvalue weighted by atomic mass is 10.2. The molecule has 0 unspecified atom stereocenters. The Hall–Kier alpha value is -2.21. The smallest absolute Gasteiger partial charge is 0.377 e. The normalized spacial score (nSPS) is 10.1. The van der Waals surface area contributed by atoms with Gasteiger partial charge in [0.15, 0.2) is 6.29 Å². The molecule has 0 N–H and O–H groups in total. The van der Waals surface area contributed by atoms with E-state index < -0.39 is 5.97 Å². The number of hydrogen-bond donors (Lipinski definition) is 0. The Morgan fingerprint density at radius 2 is 2.28 bits per heavy atom. The molecule has 18 heavy (non-hydrogen) atoms. The van der Waals surface area contributed by atoms with E-state index in [0.29, 0.717) is 22.6 Å². The molecule has 2 rings (SSSR count). The molecule has 0 fully saturated rings. The number of rotatable bonds is 3. The second-order valence-electron chi connectivity index (χ2n) is 3.33. The van der Waals surface area contributed by atoms with E-state index in [4.69, 9.17) is 11.6 Å². The predicted octanol–water partition coefficient (Wildman–Crippen LogP) is 1.52. The molecule has 92 valence electrons. The van der Waals surface area contributed by atoms with Crippen molar-refractivity contribution in [3.8, 4) is 5.69 Å². The van der Waals surface area contributed by atoms with Gasteiger partial charge in [-0.1, -0.05) is 11.6 Å². The molecule has 0 saturated carbocycles. The average Bonchev–Trinajstić information content (AvgIpc) is 2.87. The molecule has 0 aliphatic carbocycles. The summed E-state index contributed by atoms with van der Waals surface area (Å²) in [5, 5.41) is 4.36. The highest BCUT2D eigenvalue weighted by Crippen LogP contribution is 2.18. The van der Waals surface area contributed by atoms with Crippen LogP contribution in [0.4, 0.5) is 0 Å². The molecule has 0 saturated heterocycles. The summed E-state index contributed by atoms with van der Waals surface area (Å²) in [6, 6.07) is 4.71. The SMILES string of the molecule is COC(=O)c1ncn(-c2cc(Cl)ccc2C=O)n1. The third kappa shape index (κ3) is 2.23. The summed E-state index contributed by atoms with van der Waals surface area (Å²) in [5.74, 6) is -0.738. The minimum Gasteiger partial charge on any atom is -0.463 e. The first-order chi connectivity index (χ1) is 8.65. The highest BCUT2D eigenvalue weighted by Gasteiger charge is 2.13. The van der Waals surface area contributed by atoms with Crippen LogP contribution in [0.25, 0.3) is 5.69 Å². The minimum atomic E-state index is -0.650. The predicted molar refractivity (Wildman–Crippen MR) is 63.1 cm³/mol. The van der Waals surface area contributed by atoms with Gasteiger partial charge in [0.1, 0.15) is 6.33 Å². The van der Waals surface area contributed by atoms with Gasteiger partial charge < -0.3 is 4.74 Å². The third-order valence-electron chi connectivity index (χ3n) is 2.23. The number of methoxy groups -OCH3 is 1. The highest BCUT2D eigenvalue weighted by molar-refractivity contribution is 6.30. The summed E-state index contributed by atoms with van der Waals surface area (Å²) >= 11 is 5.85. The van der Waals surface area contributed by atoms with Crippen molar-refractivity contribution in [2.75, 3.05) is 7.11 Å². The number of carbonyl (C=O) groups is 2. The summed E-state index contributed by atoms with van der Waals surface area (Å²) in [6.45, 7) is 0. The number of benzene rings is 1. The van der Waals surface area contributed by atoms with Gasteiger partial charge in [0.25, 0.3) is 5.82 Å². The van der Waals surface area contributed by atoms with Gasteiger partial charge in [0.05, 0.1) is 12.8 Å². The van der Waals surface area contributed by atoms with Crippen molar-refractivity contribution in [3.63, 3.8) is 0 Å². The van der Waals surface area contributed by atoms with Gasteiger partial charge in [-0.3, -0.25) is 4.79 Å². The molecular formula is C11H8ClN3O3. The molecule has 0 spiro atoms. The Morgan fingerprint density at radius 1 is 1.50 bits per heavy atom. The standard InChI is InChI=1S/C11H8ClN3O3/c1-18-11(17)10-13-6-15(14-10)9-4-8(12)3-2-7(9)5-16/h2-6H,1H3. The van der Waals surface area contributed by atoms with Crippen LogP contribution in [0.5, 0.6) is 0 Å². The Kier molecular flexibility index (Phi) is 3.38. The molecule has 0 radical (unpaired) electrons. The van der Waals surface area contributed by atoms with E-state index >= 15 is 0 Å². The zero-order valence-corrected chi connectivity index (χ0v) is 10.1. The summed E-state index contributed by atoms with van der Waals surface area (Å²) < 4.78 is 5.79. The van der Waals surface area contributed by atoms with Crippen LogP contribution in [0, 0.1) is 0 Å². The van der Waals surface area contributed by atoms with Crippen LogP contribution >= 0.6 is 11.6 Å². The second kappa shape index (κ2) is 4.97. The van der Waals surface area contributed by atoms with E-state index in [0.717, 1.165) is 0 Å². The third-order valence-corrected chi connectivity index (χ3v) is 2.46. The monoisotopic (exact) mass is 265 g/mol. The first-order valence-corrected chi connectivity index (χ1v) is 5.28. The topological polar surface area (TPSA) is 74.1 Å². The molecular weight excluding hydrogens is 258 g/mol. The van der Waals surface area contributed by atoms with Crippen LogP contribution in [-0.4, -0.2) is 34.1 Å². The van der Waals surface area contributed by atoms with Gasteiger partial charge in [-0.15, -0.1) is 5.10 Å². The number of aromatic nitrogens is 3. The maximum Gasteiger partial charge on any atom is 0.377 e. The van der Waals surface area contributed by atoms with Gasteiger partial charge in [-0.2, -0.15) is 0 Å². The Labute approximate surface area is 107 Å². The molecule has 0 atom stereocenters. The highest BCUT2D eigenvalue weighted by atomic mass is 35.5. The molecule has 1 heterocycles. The molecule has 1 aromatic heterocycles. The number of carbonyl (C=O) groups excluding carboxylic acids is 2. The first-order valence-electron chi connectivity index (χ1n) is 4.91. The molecule has 1 aromatic carbocycles. The summed E-state index contributed by atoms with van der Waals surface area (Å²) in [7, 11) is 1.24. The van der Waals surface area contributed by atoms with E-state index in [-0.39, 0.29) is 5.82 Å². The van der Waals surface area contributed by atoms with E-state index in [9.17, 15) is 9.59 Å². The molecule has 6 nitrogen and oxygen atoms in total. The quantitative estimate of drug-likeness (QED) is 0.621. The lowest BCUT2D eigenvalue weighted by Gasteiger charge is -2.04. The van der Waals surface area contributed by atoms with Crippen LogP contribution in [0.15, 0.2) is 24.5 Å². The van der Waals surface area contributed by atoms with Gasteiger partial charge in [0, 0.05) is 10.6 Å². The van der Waals surface area contributed by atoms with Crippen molar-refractivity contribution < 1.29 is 14.3 Å². The van der Waals surface area contributed by atoms with Gasteiger partial charge in [0.2, 0.25) is 0 Å². The first kappa shape index (κ1) is 12.3. The zero-order chi connectivity index (χ0) is 13.1. The van der Waals surface area contributed by atoms with Crippen molar-refractivity contribution in [1.29, 1.82) is 0 Å². The van der Waals surface area contributed by atoms with Crippen molar-refractivity contribution in [2.24, 2.45) is 0 Å². The molecule has 0 amide bonds. The largest absolute Gasteiger partial charge is 0.463 e. The number of aldehydes is 1. The van der Waals surface area contributed by atoms with E-state index in [1.165, 1.54) is 18.1 Å². The average molecular weight is 266 g/mol. The number of nitrogens with zero attached hydrogens (tertiary/aromatic N) is 3.